The first-order valence-electron chi connectivity index (χ1n) is 11.9. The van der Waals surface area contributed by atoms with Crippen LogP contribution < -0.4 is 10.6 Å². The second kappa shape index (κ2) is 11.7. The summed E-state index contributed by atoms with van der Waals surface area (Å²) in [5.74, 6) is -2.72. The molecule has 3 rings (SSSR count). The summed E-state index contributed by atoms with van der Waals surface area (Å²) in [4.78, 5) is 27.0. The van der Waals surface area contributed by atoms with Crippen molar-refractivity contribution >= 4 is 21.8 Å². The summed E-state index contributed by atoms with van der Waals surface area (Å²) in [5, 5.41) is 17.0. The molecule has 0 aliphatic carbocycles. The monoisotopic (exact) mass is 516 g/mol. The maximum atomic E-state index is 13.8. The quantitative estimate of drug-likeness (QED) is 0.410. The number of piperazine rings is 1. The van der Waals surface area contributed by atoms with Gasteiger partial charge in [-0.25, -0.2) is 17.2 Å². The average Bonchev–Trinajstić information content (AvgIpc) is 3.16. The number of sulfonamides is 1. The number of rotatable bonds is 10. The summed E-state index contributed by atoms with van der Waals surface area (Å²) < 4.78 is 52.8. The summed E-state index contributed by atoms with van der Waals surface area (Å²) in [5.41, 5.74) is 0.231. The highest BCUT2D eigenvalue weighted by molar-refractivity contribution is 7.88. The number of likely N-dealkylation sites (tertiary alicyclic amines) is 1. The molecule has 2 aliphatic rings. The second-order valence-electron chi connectivity index (χ2n) is 9.36. The summed E-state index contributed by atoms with van der Waals surface area (Å²) in [6.45, 7) is 3.37. The topological polar surface area (TPSA) is 119 Å². The predicted molar refractivity (Wildman–Crippen MR) is 126 cm³/mol. The van der Waals surface area contributed by atoms with Gasteiger partial charge in [0.2, 0.25) is 21.8 Å². The second-order valence-corrected chi connectivity index (χ2v) is 11.3. The molecule has 2 fully saturated rings. The van der Waals surface area contributed by atoms with E-state index in [1.54, 1.807) is 4.90 Å². The van der Waals surface area contributed by atoms with E-state index in [1.165, 1.54) is 4.31 Å². The predicted octanol–water partition coefficient (Wildman–Crippen LogP) is 0.235. The Labute approximate surface area is 204 Å². The van der Waals surface area contributed by atoms with E-state index in [2.05, 4.69) is 10.6 Å². The van der Waals surface area contributed by atoms with E-state index < -0.39 is 51.7 Å². The number of carbonyl (C=O) groups excluding carboxylic acids is 2. The molecule has 196 valence electrons. The number of carbonyl (C=O) groups is 2. The third-order valence-electron chi connectivity index (χ3n) is 6.53. The van der Waals surface area contributed by atoms with Crippen molar-refractivity contribution in [3.63, 3.8) is 0 Å². The van der Waals surface area contributed by atoms with Crippen molar-refractivity contribution in [2.75, 3.05) is 39.0 Å². The molecule has 4 atom stereocenters. The lowest BCUT2D eigenvalue weighted by Gasteiger charge is -2.38. The highest BCUT2D eigenvalue weighted by Crippen LogP contribution is 2.21. The van der Waals surface area contributed by atoms with Crippen LogP contribution in [-0.2, 0) is 26.0 Å². The number of unbranched alkanes of at least 4 members (excludes halogenated alkanes) is 1. The van der Waals surface area contributed by atoms with Gasteiger partial charge in [0, 0.05) is 51.3 Å². The van der Waals surface area contributed by atoms with Gasteiger partial charge in [0.05, 0.1) is 24.3 Å². The Bertz CT molecular complexity index is 1000. The van der Waals surface area contributed by atoms with Crippen molar-refractivity contribution in [3.05, 3.63) is 35.4 Å². The molecule has 35 heavy (non-hydrogen) atoms. The zero-order valence-electron chi connectivity index (χ0n) is 20.0. The van der Waals surface area contributed by atoms with E-state index in [-0.39, 0.29) is 43.9 Å². The van der Waals surface area contributed by atoms with E-state index >= 15 is 0 Å². The third kappa shape index (κ3) is 7.42. The van der Waals surface area contributed by atoms with Gasteiger partial charge in [-0.05, 0) is 30.5 Å². The van der Waals surface area contributed by atoms with Crippen LogP contribution in [0.5, 0.6) is 0 Å². The Hall–Kier alpha value is -2.15. The number of benzene rings is 1. The smallest absolute Gasteiger partial charge is 0.225 e. The number of hydrogen-bond donors (Lipinski definition) is 3. The highest BCUT2D eigenvalue weighted by Gasteiger charge is 2.38. The number of nitrogens with one attached hydrogen (secondary N) is 2. The van der Waals surface area contributed by atoms with Crippen LogP contribution in [0.15, 0.2) is 18.2 Å². The largest absolute Gasteiger partial charge is 0.389 e. The lowest BCUT2D eigenvalue weighted by molar-refractivity contribution is -0.129. The molecule has 12 heteroatoms. The van der Waals surface area contributed by atoms with E-state index in [0.717, 1.165) is 37.3 Å². The Morgan fingerprint density at radius 3 is 2.57 bits per heavy atom. The maximum absolute atomic E-state index is 13.8. The molecule has 2 amide bonds. The minimum atomic E-state index is -3.49. The Kier molecular flexibility index (Phi) is 9.19. The van der Waals surface area contributed by atoms with Crippen LogP contribution in [-0.4, -0.2) is 91.7 Å². The van der Waals surface area contributed by atoms with Gasteiger partial charge in [0.15, 0.2) is 0 Å². The third-order valence-corrected chi connectivity index (χ3v) is 7.80. The van der Waals surface area contributed by atoms with Crippen LogP contribution in [0.1, 0.15) is 31.7 Å². The zero-order chi connectivity index (χ0) is 25.8. The molecule has 2 saturated heterocycles. The minimum Gasteiger partial charge on any atom is -0.389 e. The first-order chi connectivity index (χ1) is 16.5. The van der Waals surface area contributed by atoms with Gasteiger partial charge < -0.3 is 20.6 Å². The molecule has 0 spiro atoms. The summed E-state index contributed by atoms with van der Waals surface area (Å²) >= 11 is 0. The van der Waals surface area contributed by atoms with Crippen molar-refractivity contribution in [2.24, 2.45) is 5.92 Å². The van der Waals surface area contributed by atoms with Gasteiger partial charge in [-0.1, -0.05) is 13.3 Å². The lowest BCUT2D eigenvalue weighted by atomic mass is 9.94. The van der Waals surface area contributed by atoms with Gasteiger partial charge in [-0.15, -0.1) is 0 Å². The molecule has 2 heterocycles. The Balaban J connectivity index is 1.77. The van der Waals surface area contributed by atoms with Gasteiger partial charge in [-0.2, -0.15) is 4.31 Å². The first kappa shape index (κ1) is 27.4. The van der Waals surface area contributed by atoms with E-state index in [4.69, 9.17) is 0 Å². The fourth-order valence-corrected chi connectivity index (χ4v) is 5.47. The summed E-state index contributed by atoms with van der Waals surface area (Å²) in [6, 6.07) is 1.29. The average molecular weight is 517 g/mol. The highest BCUT2D eigenvalue weighted by atomic mass is 32.2. The molecule has 0 saturated carbocycles. The molecule has 3 N–H and O–H groups in total. The number of amides is 2. The number of aliphatic hydroxyl groups excluding tert-OH is 1. The molecule has 1 aromatic carbocycles. The summed E-state index contributed by atoms with van der Waals surface area (Å²) in [6.07, 6.45) is 1.53. The van der Waals surface area contributed by atoms with Gasteiger partial charge >= 0.3 is 0 Å². The fourth-order valence-electron chi connectivity index (χ4n) is 4.61. The standard InChI is InChI=1S/C23H34F2N4O5S/c1-3-4-6-28-13-16(11-21(28)30)23(32)27-19(10-15-8-17(24)12-18(25)9-15)22(31)20-14-29(7-5-26-20)35(2,33)34/h8-9,12,16,19-20,22,26,31H,3-7,10-11,13-14H2,1-2H3,(H,27,32)/t16?,19?,20-,22+/m1/s1. The van der Waals surface area contributed by atoms with Crippen molar-refractivity contribution in [3.8, 4) is 0 Å². The molecule has 0 radical (unpaired) electrons. The van der Waals surface area contributed by atoms with Gasteiger partial charge in [-0.3, -0.25) is 9.59 Å². The number of halogens is 2. The van der Waals surface area contributed by atoms with Crippen LogP contribution >= 0.6 is 0 Å². The first-order valence-corrected chi connectivity index (χ1v) is 13.7. The molecule has 2 aliphatic heterocycles. The van der Waals surface area contributed by atoms with Gasteiger partial charge in [0.1, 0.15) is 11.6 Å². The molecule has 1 aromatic rings. The molecule has 0 bridgehead atoms. The molecule has 9 nitrogen and oxygen atoms in total. The SMILES string of the molecule is CCCCN1CC(C(=O)NC(Cc2cc(F)cc(F)c2)[C@H](O)[C@H]2CN(S(C)(=O)=O)CCN2)CC1=O. The van der Waals surface area contributed by atoms with Crippen molar-refractivity contribution in [2.45, 2.75) is 50.8 Å². The van der Waals surface area contributed by atoms with E-state index in [9.17, 15) is 31.9 Å². The number of hydrogen-bond acceptors (Lipinski definition) is 6. The van der Waals surface area contributed by atoms with Crippen molar-refractivity contribution in [1.29, 1.82) is 0 Å². The van der Waals surface area contributed by atoms with Crippen LogP contribution in [0, 0.1) is 17.6 Å². The minimum absolute atomic E-state index is 0.0173. The van der Waals surface area contributed by atoms with E-state index in [0.29, 0.717) is 13.1 Å². The molecule has 2 unspecified atom stereocenters. The van der Waals surface area contributed by atoms with Crippen LogP contribution in [0.3, 0.4) is 0 Å². The van der Waals surface area contributed by atoms with Gasteiger partial charge in [0.25, 0.3) is 0 Å². The van der Waals surface area contributed by atoms with Crippen LogP contribution in [0.4, 0.5) is 8.78 Å². The summed E-state index contributed by atoms with van der Waals surface area (Å²) in [7, 11) is -3.49. The van der Waals surface area contributed by atoms with Crippen molar-refractivity contribution < 1.29 is 31.9 Å². The van der Waals surface area contributed by atoms with Crippen LogP contribution in [0.25, 0.3) is 0 Å². The Morgan fingerprint density at radius 1 is 1.26 bits per heavy atom. The zero-order valence-corrected chi connectivity index (χ0v) is 20.9. The van der Waals surface area contributed by atoms with Crippen molar-refractivity contribution in [1.82, 2.24) is 19.8 Å². The molecule has 0 aromatic heterocycles. The normalized spacial score (nSPS) is 23.3. The number of nitrogens with zero attached hydrogens (tertiary/aromatic N) is 2. The lowest BCUT2D eigenvalue weighted by Crippen LogP contribution is -2.62. The molecular formula is C23H34F2N4O5S. The Morgan fingerprint density at radius 2 is 1.94 bits per heavy atom. The molecular weight excluding hydrogens is 482 g/mol. The van der Waals surface area contributed by atoms with E-state index in [1.807, 2.05) is 6.92 Å². The maximum Gasteiger partial charge on any atom is 0.225 e. The fraction of sp³-hybridized carbons (Fsp3) is 0.652. The van der Waals surface area contributed by atoms with Crippen LogP contribution in [0.2, 0.25) is 0 Å². The number of aliphatic hydroxyl groups is 1.